The average Bonchev–Trinajstić information content (AvgIpc) is 3.42. The number of aryl methyl sites for hydroxylation is 1. The van der Waals surface area contributed by atoms with E-state index >= 15 is 0 Å². The van der Waals surface area contributed by atoms with Crippen LogP contribution in [-0.4, -0.2) is 18.0 Å². The van der Waals surface area contributed by atoms with Crippen molar-refractivity contribution in [3.8, 4) is 0 Å². The molecule has 0 aliphatic heterocycles. The van der Waals surface area contributed by atoms with E-state index in [1.54, 1.807) is 11.3 Å². The van der Waals surface area contributed by atoms with Crippen LogP contribution in [0.1, 0.15) is 28.8 Å². The molecular weight excluding hydrogens is 515 g/mol. The van der Waals surface area contributed by atoms with Gasteiger partial charge in [-0.2, -0.15) is 0 Å². The average molecular weight is 554 g/mol. The lowest BCUT2D eigenvalue weighted by Gasteiger charge is -2.27. The fourth-order valence-electron chi connectivity index (χ4n) is 4.61. The van der Waals surface area contributed by atoms with Crippen LogP contribution in [0, 0.1) is 0 Å². The number of benzene rings is 3. The maximum Gasteiger partial charge on any atom is 0.0507 e. The monoisotopic (exact) mass is 553 g/mol. The minimum Gasteiger partial charge on any atom is -0.368 e. The van der Waals surface area contributed by atoms with Gasteiger partial charge in [0.05, 0.1) is 6.04 Å². The fourth-order valence-corrected chi connectivity index (χ4v) is 5.58. The van der Waals surface area contributed by atoms with Crippen molar-refractivity contribution in [2.24, 2.45) is 0 Å². The Labute approximate surface area is 249 Å². The quantitative estimate of drug-likeness (QED) is 0.111. The molecule has 41 heavy (non-hydrogen) atoms. The second-order valence-electron chi connectivity index (χ2n) is 10.2. The zero-order valence-corrected chi connectivity index (χ0v) is 24.9. The maximum atomic E-state index is 4.31. The second-order valence-corrected chi connectivity index (χ2v) is 11.3. The van der Waals surface area contributed by atoms with Gasteiger partial charge in [0.2, 0.25) is 0 Å². The van der Waals surface area contributed by atoms with Gasteiger partial charge in [0, 0.05) is 22.3 Å². The number of thiophene rings is 1. The van der Waals surface area contributed by atoms with Crippen molar-refractivity contribution in [3.63, 3.8) is 0 Å². The molecule has 1 nitrogen and oxygen atoms in total. The van der Waals surface area contributed by atoms with Crippen LogP contribution in [0.15, 0.2) is 153 Å². The molecule has 0 amide bonds. The summed E-state index contributed by atoms with van der Waals surface area (Å²) in [6.07, 6.45) is 19.3. The van der Waals surface area contributed by atoms with E-state index in [2.05, 4.69) is 130 Å². The van der Waals surface area contributed by atoms with E-state index in [-0.39, 0.29) is 6.04 Å². The lowest BCUT2D eigenvalue weighted by molar-refractivity contribution is 0.367. The van der Waals surface area contributed by atoms with Gasteiger partial charge in [-0.1, -0.05) is 105 Å². The Balaban J connectivity index is 1.39. The summed E-state index contributed by atoms with van der Waals surface area (Å²) in [6, 6.07) is 24.1. The van der Waals surface area contributed by atoms with E-state index in [0.717, 1.165) is 36.1 Å². The summed E-state index contributed by atoms with van der Waals surface area (Å²) in [5.41, 5.74) is 5.15. The highest BCUT2D eigenvalue weighted by Crippen LogP contribution is 2.27. The van der Waals surface area contributed by atoms with Crippen molar-refractivity contribution in [1.29, 1.82) is 0 Å². The molecule has 0 aliphatic rings. The fraction of sp³-hybridized carbons (Fsp3) is 0.128. The molecule has 0 aliphatic carbocycles. The predicted molar refractivity (Wildman–Crippen MR) is 185 cm³/mol. The smallest absolute Gasteiger partial charge is 0.0507 e. The Hall–Kier alpha value is -4.40. The number of fused-ring (bicyclic) bond motifs is 2. The molecular formula is C39H39NS. The Morgan fingerprint density at radius 2 is 1.59 bits per heavy atom. The van der Waals surface area contributed by atoms with Gasteiger partial charge in [-0.3, -0.25) is 0 Å². The van der Waals surface area contributed by atoms with E-state index < -0.39 is 0 Å². The van der Waals surface area contributed by atoms with Crippen molar-refractivity contribution in [2.45, 2.75) is 25.3 Å². The summed E-state index contributed by atoms with van der Waals surface area (Å²) in [5.74, 6) is 0. The van der Waals surface area contributed by atoms with Gasteiger partial charge in [-0.05, 0) is 88.0 Å². The van der Waals surface area contributed by atoms with Crippen LogP contribution >= 0.6 is 11.3 Å². The molecule has 3 aromatic carbocycles. The molecule has 2 heteroatoms. The van der Waals surface area contributed by atoms with E-state index in [1.165, 1.54) is 36.9 Å². The number of allylic oxidation sites excluding steroid dienone is 6. The molecule has 0 saturated carbocycles. The van der Waals surface area contributed by atoms with Crippen LogP contribution in [0.3, 0.4) is 0 Å². The molecule has 0 fully saturated rings. The summed E-state index contributed by atoms with van der Waals surface area (Å²) in [7, 11) is 2.07. The SMILES string of the molecule is C=CCCc1ccc2ccc(/C=C/C(CC=C)N(C)C(=C)/C=C\C(=C)C(=C)/C=C\c3cc4ccccc4s3)cc2c1. The van der Waals surface area contributed by atoms with Crippen LogP contribution in [-0.2, 0) is 6.42 Å². The van der Waals surface area contributed by atoms with Crippen LogP contribution in [0.4, 0.5) is 0 Å². The van der Waals surface area contributed by atoms with E-state index in [9.17, 15) is 0 Å². The Kier molecular flexibility index (Phi) is 10.3. The van der Waals surface area contributed by atoms with E-state index in [0.29, 0.717) is 0 Å². The Bertz CT molecular complexity index is 1640. The third-order valence-corrected chi connectivity index (χ3v) is 8.30. The molecule has 0 spiro atoms. The first-order valence-electron chi connectivity index (χ1n) is 14.0. The maximum absolute atomic E-state index is 4.31. The topological polar surface area (TPSA) is 3.24 Å². The first-order chi connectivity index (χ1) is 19.9. The number of hydrogen-bond donors (Lipinski definition) is 0. The van der Waals surface area contributed by atoms with Crippen LogP contribution in [0.25, 0.3) is 33.0 Å². The van der Waals surface area contributed by atoms with Crippen LogP contribution < -0.4 is 0 Å². The Morgan fingerprint density at radius 3 is 2.37 bits per heavy atom. The minimum atomic E-state index is 0.128. The van der Waals surface area contributed by atoms with Crippen molar-refractivity contribution in [3.05, 3.63) is 169 Å². The first-order valence-corrected chi connectivity index (χ1v) is 14.8. The number of rotatable bonds is 14. The summed E-state index contributed by atoms with van der Waals surface area (Å²) in [4.78, 5) is 3.37. The molecule has 0 bridgehead atoms. The molecule has 0 radical (unpaired) electrons. The first kappa shape index (κ1) is 29.6. The van der Waals surface area contributed by atoms with Gasteiger partial charge in [-0.15, -0.1) is 24.5 Å². The number of hydrogen-bond acceptors (Lipinski definition) is 2. The van der Waals surface area contributed by atoms with Gasteiger partial charge in [0.15, 0.2) is 0 Å². The predicted octanol–water partition coefficient (Wildman–Crippen LogP) is 11.0. The van der Waals surface area contributed by atoms with E-state index in [1.807, 2.05) is 30.4 Å². The van der Waals surface area contributed by atoms with Crippen molar-refractivity contribution < 1.29 is 0 Å². The van der Waals surface area contributed by atoms with Gasteiger partial charge >= 0.3 is 0 Å². The normalized spacial score (nSPS) is 12.4. The molecule has 206 valence electrons. The van der Waals surface area contributed by atoms with E-state index in [4.69, 9.17) is 0 Å². The second kappa shape index (κ2) is 14.3. The highest BCUT2D eigenvalue weighted by molar-refractivity contribution is 7.19. The minimum absolute atomic E-state index is 0.128. The van der Waals surface area contributed by atoms with Crippen molar-refractivity contribution in [2.75, 3.05) is 7.05 Å². The van der Waals surface area contributed by atoms with Gasteiger partial charge in [0.25, 0.3) is 0 Å². The van der Waals surface area contributed by atoms with Crippen molar-refractivity contribution in [1.82, 2.24) is 4.90 Å². The molecule has 1 unspecified atom stereocenters. The highest BCUT2D eigenvalue weighted by atomic mass is 32.1. The number of nitrogens with zero attached hydrogens (tertiary/aromatic N) is 1. The Morgan fingerprint density at radius 1 is 0.805 bits per heavy atom. The molecule has 0 saturated heterocycles. The third kappa shape index (κ3) is 8.06. The van der Waals surface area contributed by atoms with Gasteiger partial charge in [-0.25, -0.2) is 0 Å². The largest absolute Gasteiger partial charge is 0.368 e. The standard InChI is InChI=1S/C39H39NS/c1-7-9-13-32-19-22-34-23-20-33(27-36(34)26-32)21-24-37(12-8-2)40(6)31(5)18-16-29(3)30(4)17-25-38-28-35-14-10-11-15-39(35)41-38/h7-8,10-11,14-28,37H,1-5,9,12-13H2,6H3/b18-16-,24-21+,25-17-. The summed E-state index contributed by atoms with van der Waals surface area (Å²) in [6.45, 7) is 20.6. The zero-order chi connectivity index (χ0) is 29.2. The third-order valence-electron chi connectivity index (χ3n) is 7.22. The summed E-state index contributed by atoms with van der Waals surface area (Å²) < 4.78 is 1.29. The lowest BCUT2D eigenvalue weighted by Crippen LogP contribution is -2.27. The lowest BCUT2D eigenvalue weighted by atomic mass is 10.0. The van der Waals surface area contributed by atoms with Crippen LogP contribution in [0.5, 0.6) is 0 Å². The van der Waals surface area contributed by atoms with Crippen molar-refractivity contribution >= 4 is 44.3 Å². The summed E-state index contributed by atoms with van der Waals surface area (Å²) >= 11 is 1.77. The molecule has 1 heterocycles. The van der Waals surface area contributed by atoms with Crippen LogP contribution in [0.2, 0.25) is 0 Å². The molecule has 1 atom stereocenters. The summed E-state index contributed by atoms with van der Waals surface area (Å²) in [5, 5.41) is 3.77. The molecule has 0 N–H and O–H groups in total. The van der Waals surface area contributed by atoms with Gasteiger partial charge in [0.1, 0.15) is 0 Å². The molecule has 4 rings (SSSR count). The highest BCUT2D eigenvalue weighted by Gasteiger charge is 2.10. The molecule has 4 aromatic rings. The van der Waals surface area contributed by atoms with Gasteiger partial charge < -0.3 is 4.90 Å². The zero-order valence-electron chi connectivity index (χ0n) is 24.1. The molecule has 1 aromatic heterocycles. The number of likely N-dealkylation sites (N-methyl/N-ethyl adjacent to an activating group) is 1.